The van der Waals surface area contributed by atoms with Gasteiger partial charge in [0.2, 0.25) is 0 Å². The van der Waals surface area contributed by atoms with Gasteiger partial charge < -0.3 is 14.8 Å². The van der Waals surface area contributed by atoms with Crippen molar-refractivity contribution < 1.29 is 9.47 Å². The van der Waals surface area contributed by atoms with Crippen molar-refractivity contribution in [3.05, 3.63) is 12.4 Å². The van der Waals surface area contributed by atoms with Crippen LogP contribution in [-0.4, -0.2) is 47.6 Å². The first-order valence-electron chi connectivity index (χ1n) is 6.14. The molecule has 6 nitrogen and oxygen atoms in total. The van der Waals surface area contributed by atoms with Gasteiger partial charge in [-0.2, -0.15) is 0 Å². The summed E-state index contributed by atoms with van der Waals surface area (Å²) in [5.74, 6) is 0. The molecule has 0 bridgehead atoms. The van der Waals surface area contributed by atoms with E-state index in [2.05, 4.69) is 15.6 Å². The fraction of sp³-hybridized carbons (Fsp3) is 0.818. The molecule has 1 N–H and O–H groups in total. The highest BCUT2D eigenvalue weighted by atomic mass is 16.7. The van der Waals surface area contributed by atoms with Gasteiger partial charge in [-0.1, -0.05) is 5.21 Å². The molecule has 1 heterocycles. The van der Waals surface area contributed by atoms with Crippen LogP contribution in [-0.2, 0) is 16.0 Å². The average molecular weight is 242 g/mol. The van der Waals surface area contributed by atoms with E-state index < -0.39 is 0 Å². The number of hydrogen-bond acceptors (Lipinski definition) is 5. The number of ether oxygens (including phenoxy) is 2. The highest BCUT2D eigenvalue weighted by Crippen LogP contribution is 1.93. The molecule has 0 aromatic carbocycles. The molecule has 0 spiro atoms. The summed E-state index contributed by atoms with van der Waals surface area (Å²) in [6.45, 7) is 7.79. The van der Waals surface area contributed by atoms with Crippen LogP contribution in [0, 0.1) is 0 Å². The van der Waals surface area contributed by atoms with Gasteiger partial charge in [0, 0.05) is 32.5 Å². The quantitative estimate of drug-likeness (QED) is 0.482. The highest BCUT2D eigenvalue weighted by molar-refractivity contribution is 4.64. The van der Waals surface area contributed by atoms with Crippen LogP contribution in [0.4, 0.5) is 0 Å². The first-order valence-corrected chi connectivity index (χ1v) is 6.14. The molecule has 0 unspecified atom stereocenters. The van der Waals surface area contributed by atoms with Gasteiger partial charge in [-0.05, 0) is 26.8 Å². The molecule has 6 heteroatoms. The van der Waals surface area contributed by atoms with Crippen molar-refractivity contribution >= 4 is 0 Å². The summed E-state index contributed by atoms with van der Waals surface area (Å²) in [6, 6.07) is 0. The Balaban J connectivity index is 2.01. The highest BCUT2D eigenvalue weighted by Gasteiger charge is 2.06. The lowest BCUT2D eigenvalue weighted by Gasteiger charge is -2.17. The van der Waals surface area contributed by atoms with Crippen LogP contribution >= 0.6 is 0 Å². The lowest BCUT2D eigenvalue weighted by atomic mass is 10.4. The van der Waals surface area contributed by atoms with Gasteiger partial charge in [-0.15, -0.1) is 5.10 Å². The Labute approximate surface area is 102 Å². The molecule has 0 radical (unpaired) electrons. The third kappa shape index (κ3) is 6.35. The number of rotatable bonds is 10. The van der Waals surface area contributed by atoms with E-state index in [4.69, 9.17) is 9.47 Å². The van der Waals surface area contributed by atoms with Crippen LogP contribution in [0.15, 0.2) is 12.4 Å². The largest absolute Gasteiger partial charge is 0.352 e. The maximum atomic E-state index is 5.42. The predicted molar refractivity (Wildman–Crippen MR) is 64.5 cm³/mol. The number of aromatic nitrogens is 3. The zero-order valence-corrected chi connectivity index (χ0v) is 10.6. The van der Waals surface area contributed by atoms with Crippen LogP contribution in [0.5, 0.6) is 0 Å². The predicted octanol–water partition coefficient (Wildman–Crippen LogP) is 0.657. The number of nitrogens with one attached hydrogen (secondary N) is 1. The summed E-state index contributed by atoms with van der Waals surface area (Å²) in [5.41, 5.74) is 0. The van der Waals surface area contributed by atoms with Crippen molar-refractivity contribution in [2.24, 2.45) is 0 Å². The average Bonchev–Trinajstić information content (AvgIpc) is 2.82. The summed E-state index contributed by atoms with van der Waals surface area (Å²) in [5, 5.41) is 11.0. The lowest BCUT2D eigenvalue weighted by Crippen LogP contribution is -2.32. The standard InChI is InChI=1S/C11H22N4O2/c1-3-16-11(17-4-2)10-12-6-5-8-15-9-7-13-14-15/h7,9,11-12H,3-6,8,10H2,1-2H3. The number of hydrogen-bond donors (Lipinski definition) is 1. The minimum absolute atomic E-state index is 0.142. The van der Waals surface area contributed by atoms with E-state index in [0.717, 1.165) is 26.1 Å². The van der Waals surface area contributed by atoms with Crippen molar-refractivity contribution in [1.29, 1.82) is 0 Å². The molecule has 1 aromatic heterocycles. The third-order valence-electron chi connectivity index (χ3n) is 2.23. The normalized spacial score (nSPS) is 11.2. The first-order chi connectivity index (χ1) is 8.36. The zero-order chi connectivity index (χ0) is 12.3. The molecule has 1 rings (SSSR count). The Kier molecular flexibility index (Phi) is 7.53. The van der Waals surface area contributed by atoms with E-state index in [9.17, 15) is 0 Å². The van der Waals surface area contributed by atoms with Crippen molar-refractivity contribution in [3.63, 3.8) is 0 Å². The van der Waals surface area contributed by atoms with Gasteiger partial charge in [0.05, 0.1) is 6.20 Å². The molecule has 0 saturated carbocycles. The second kappa shape index (κ2) is 9.09. The van der Waals surface area contributed by atoms with E-state index >= 15 is 0 Å². The molecular formula is C11H22N4O2. The van der Waals surface area contributed by atoms with Gasteiger partial charge >= 0.3 is 0 Å². The number of aryl methyl sites for hydroxylation is 1. The van der Waals surface area contributed by atoms with E-state index in [1.165, 1.54) is 0 Å². The molecule has 0 aliphatic carbocycles. The second-order valence-corrected chi connectivity index (χ2v) is 3.56. The maximum absolute atomic E-state index is 5.42. The van der Waals surface area contributed by atoms with Crippen molar-refractivity contribution in [3.8, 4) is 0 Å². The van der Waals surface area contributed by atoms with Crippen LogP contribution in [0.3, 0.4) is 0 Å². The van der Waals surface area contributed by atoms with Gasteiger partial charge in [0.25, 0.3) is 0 Å². The number of nitrogens with zero attached hydrogens (tertiary/aromatic N) is 3. The molecule has 1 aromatic rings. The maximum Gasteiger partial charge on any atom is 0.169 e. The summed E-state index contributed by atoms with van der Waals surface area (Å²) in [6.07, 6.45) is 4.42. The topological polar surface area (TPSA) is 61.2 Å². The molecule has 98 valence electrons. The third-order valence-corrected chi connectivity index (χ3v) is 2.23. The van der Waals surface area contributed by atoms with Gasteiger partial charge in [0.1, 0.15) is 0 Å². The minimum Gasteiger partial charge on any atom is -0.352 e. The molecule has 0 fully saturated rings. The fourth-order valence-electron chi connectivity index (χ4n) is 1.48. The Bertz CT molecular complexity index is 260. The molecule has 0 atom stereocenters. The van der Waals surface area contributed by atoms with Crippen molar-refractivity contribution in [2.45, 2.75) is 33.1 Å². The lowest BCUT2D eigenvalue weighted by molar-refractivity contribution is -0.132. The monoisotopic (exact) mass is 242 g/mol. The SMILES string of the molecule is CCOC(CNCCCn1ccnn1)OCC. The smallest absolute Gasteiger partial charge is 0.169 e. The van der Waals surface area contributed by atoms with E-state index in [-0.39, 0.29) is 6.29 Å². The van der Waals surface area contributed by atoms with Crippen molar-refractivity contribution in [1.82, 2.24) is 20.3 Å². The van der Waals surface area contributed by atoms with Crippen molar-refractivity contribution in [2.75, 3.05) is 26.3 Å². The van der Waals surface area contributed by atoms with Crippen LogP contribution in [0.1, 0.15) is 20.3 Å². The summed E-state index contributed by atoms with van der Waals surface area (Å²) in [7, 11) is 0. The first kappa shape index (κ1) is 14.1. The van der Waals surface area contributed by atoms with Crippen LogP contribution in [0.25, 0.3) is 0 Å². The fourth-order valence-corrected chi connectivity index (χ4v) is 1.48. The molecule has 0 aliphatic rings. The Morgan fingerprint density at radius 3 is 2.65 bits per heavy atom. The molecular weight excluding hydrogens is 220 g/mol. The van der Waals surface area contributed by atoms with E-state index in [1.54, 1.807) is 6.20 Å². The van der Waals surface area contributed by atoms with Gasteiger partial charge in [-0.3, -0.25) is 4.68 Å². The van der Waals surface area contributed by atoms with Crippen LogP contribution in [0.2, 0.25) is 0 Å². The zero-order valence-electron chi connectivity index (χ0n) is 10.6. The molecule has 0 aliphatic heterocycles. The van der Waals surface area contributed by atoms with Crippen LogP contribution < -0.4 is 5.32 Å². The van der Waals surface area contributed by atoms with Gasteiger partial charge in [0.15, 0.2) is 6.29 Å². The Hall–Kier alpha value is -0.980. The summed E-state index contributed by atoms with van der Waals surface area (Å²) < 4.78 is 12.7. The Morgan fingerprint density at radius 1 is 1.29 bits per heavy atom. The summed E-state index contributed by atoms with van der Waals surface area (Å²) >= 11 is 0. The summed E-state index contributed by atoms with van der Waals surface area (Å²) in [4.78, 5) is 0. The van der Waals surface area contributed by atoms with E-state index in [1.807, 2.05) is 24.7 Å². The molecule has 17 heavy (non-hydrogen) atoms. The Morgan fingerprint density at radius 2 is 2.06 bits per heavy atom. The molecule has 0 amide bonds. The van der Waals surface area contributed by atoms with E-state index in [0.29, 0.717) is 13.2 Å². The molecule has 0 saturated heterocycles. The van der Waals surface area contributed by atoms with Gasteiger partial charge in [-0.25, -0.2) is 0 Å². The second-order valence-electron chi connectivity index (χ2n) is 3.56. The minimum atomic E-state index is -0.142.